The van der Waals surface area contributed by atoms with Crippen LogP contribution in [0.3, 0.4) is 0 Å². The van der Waals surface area contributed by atoms with Crippen molar-refractivity contribution >= 4 is 29.0 Å². The Morgan fingerprint density at radius 1 is 1.19 bits per heavy atom. The Balaban J connectivity index is 2.07. The molecule has 3 nitrogen and oxygen atoms in total. The Hall–Kier alpha value is -0.610. The summed E-state index contributed by atoms with van der Waals surface area (Å²) in [7, 11) is 0. The number of benzene rings is 1. The zero-order valence-corrected chi connectivity index (χ0v) is 9.92. The lowest BCUT2D eigenvalue weighted by Gasteiger charge is -2.08. The number of halogens is 2. The molecule has 5 heteroatoms. The number of ether oxygens (including phenoxy) is 2. The van der Waals surface area contributed by atoms with Gasteiger partial charge < -0.3 is 9.47 Å². The van der Waals surface area contributed by atoms with Crippen molar-refractivity contribution in [1.29, 1.82) is 0 Å². The average Bonchev–Trinajstić information content (AvgIpc) is 2.68. The van der Waals surface area contributed by atoms with Crippen LogP contribution in [-0.2, 0) is 9.47 Å². The van der Waals surface area contributed by atoms with Crippen LogP contribution >= 0.6 is 23.2 Å². The Morgan fingerprint density at radius 2 is 1.75 bits per heavy atom. The number of rotatable bonds is 3. The molecule has 0 unspecified atom stereocenters. The molecule has 0 saturated carbocycles. The maximum Gasteiger partial charge on any atom is 0.168 e. The maximum atomic E-state index is 11.8. The normalized spacial score (nSPS) is 16.6. The van der Waals surface area contributed by atoms with Gasteiger partial charge in [0.25, 0.3) is 0 Å². The molecule has 1 aliphatic rings. The summed E-state index contributed by atoms with van der Waals surface area (Å²) in [6.45, 7) is 1.07. The summed E-state index contributed by atoms with van der Waals surface area (Å²) < 4.78 is 10.4. The minimum Gasteiger partial charge on any atom is -0.350 e. The van der Waals surface area contributed by atoms with Crippen LogP contribution in [0.4, 0.5) is 0 Å². The molecule has 0 bridgehead atoms. The van der Waals surface area contributed by atoms with Crippen LogP contribution in [0.15, 0.2) is 18.2 Å². The molecule has 1 aromatic rings. The van der Waals surface area contributed by atoms with Crippen LogP contribution in [0, 0.1) is 0 Å². The molecule has 86 valence electrons. The van der Waals surface area contributed by atoms with Crippen LogP contribution < -0.4 is 0 Å². The molecule has 1 fully saturated rings. The molecule has 16 heavy (non-hydrogen) atoms. The van der Waals surface area contributed by atoms with E-state index in [1.165, 1.54) is 0 Å². The fourth-order valence-corrected chi connectivity index (χ4v) is 2.04. The van der Waals surface area contributed by atoms with E-state index >= 15 is 0 Å². The van der Waals surface area contributed by atoms with Gasteiger partial charge in [0.15, 0.2) is 12.1 Å². The molecule has 0 atom stereocenters. The molecular formula is C11H10Cl2O3. The Kier molecular flexibility index (Phi) is 3.82. The lowest BCUT2D eigenvalue weighted by molar-refractivity contribution is -0.0407. The fraction of sp³-hybridized carbons (Fsp3) is 0.364. The number of Topliss-reactive ketones (excluding diaryl/α,β-unsaturated/α-hetero) is 1. The molecule has 1 aliphatic heterocycles. The van der Waals surface area contributed by atoms with Crippen molar-refractivity contribution in [3.8, 4) is 0 Å². The number of carbonyl (C=O) groups excluding carboxylic acids is 1. The van der Waals surface area contributed by atoms with Gasteiger partial charge in [-0.3, -0.25) is 4.79 Å². The lowest BCUT2D eigenvalue weighted by Crippen LogP contribution is -2.14. The summed E-state index contributed by atoms with van der Waals surface area (Å²) in [6, 6.07) is 4.76. The second kappa shape index (κ2) is 5.15. The molecule has 1 saturated heterocycles. The first kappa shape index (κ1) is 11.9. The van der Waals surface area contributed by atoms with E-state index in [1.54, 1.807) is 18.2 Å². The van der Waals surface area contributed by atoms with Crippen molar-refractivity contribution in [2.45, 2.75) is 12.7 Å². The summed E-state index contributed by atoms with van der Waals surface area (Å²) >= 11 is 11.6. The van der Waals surface area contributed by atoms with E-state index in [0.29, 0.717) is 28.8 Å². The third-order valence-electron chi connectivity index (χ3n) is 2.23. The second-order valence-electron chi connectivity index (χ2n) is 3.46. The van der Waals surface area contributed by atoms with E-state index in [9.17, 15) is 4.79 Å². The summed E-state index contributed by atoms with van der Waals surface area (Å²) in [6.07, 6.45) is -0.248. The zero-order chi connectivity index (χ0) is 11.5. The molecule has 0 amide bonds. The van der Waals surface area contributed by atoms with Gasteiger partial charge in [0.1, 0.15) is 0 Å². The number of ketones is 1. The Bertz CT molecular complexity index is 380. The van der Waals surface area contributed by atoms with E-state index in [1.807, 2.05) is 0 Å². The summed E-state index contributed by atoms with van der Waals surface area (Å²) in [4.78, 5) is 11.8. The third-order valence-corrected chi connectivity index (χ3v) is 2.66. The van der Waals surface area contributed by atoms with Gasteiger partial charge in [0, 0.05) is 15.6 Å². The van der Waals surface area contributed by atoms with Gasteiger partial charge in [-0.1, -0.05) is 23.2 Å². The van der Waals surface area contributed by atoms with Crippen LogP contribution in [-0.4, -0.2) is 25.3 Å². The highest BCUT2D eigenvalue weighted by atomic mass is 35.5. The van der Waals surface area contributed by atoms with Crippen molar-refractivity contribution in [3.05, 3.63) is 33.8 Å². The quantitative estimate of drug-likeness (QED) is 0.785. The van der Waals surface area contributed by atoms with E-state index < -0.39 is 6.29 Å². The van der Waals surface area contributed by atoms with E-state index in [2.05, 4.69) is 0 Å². The Morgan fingerprint density at radius 3 is 2.31 bits per heavy atom. The predicted octanol–water partition coefficient (Wildman–Crippen LogP) is 2.94. The average molecular weight is 261 g/mol. The fourth-order valence-electron chi connectivity index (χ4n) is 1.51. The van der Waals surface area contributed by atoms with Gasteiger partial charge >= 0.3 is 0 Å². The van der Waals surface area contributed by atoms with Crippen LogP contribution in [0.1, 0.15) is 16.8 Å². The van der Waals surface area contributed by atoms with E-state index in [4.69, 9.17) is 32.7 Å². The van der Waals surface area contributed by atoms with E-state index in [0.717, 1.165) is 0 Å². The smallest absolute Gasteiger partial charge is 0.168 e. The van der Waals surface area contributed by atoms with Crippen molar-refractivity contribution in [3.63, 3.8) is 0 Å². The summed E-state index contributed by atoms with van der Waals surface area (Å²) in [5.74, 6) is -0.0868. The number of hydrogen-bond acceptors (Lipinski definition) is 3. The maximum absolute atomic E-state index is 11.8. The summed E-state index contributed by atoms with van der Waals surface area (Å²) in [5.41, 5.74) is 0.483. The lowest BCUT2D eigenvalue weighted by atomic mass is 10.1. The first-order chi connectivity index (χ1) is 7.65. The van der Waals surface area contributed by atoms with Crippen molar-refractivity contribution in [2.24, 2.45) is 0 Å². The molecule has 0 spiro atoms. The first-order valence-corrected chi connectivity index (χ1v) is 5.63. The van der Waals surface area contributed by atoms with Gasteiger partial charge in [-0.15, -0.1) is 0 Å². The topological polar surface area (TPSA) is 35.5 Å². The van der Waals surface area contributed by atoms with Gasteiger partial charge in [-0.2, -0.15) is 0 Å². The SMILES string of the molecule is O=C(CC1OCCO1)c1cc(Cl)cc(Cl)c1. The monoisotopic (exact) mass is 260 g/mol. The summed E-state index contributed by atoms with van der Waals surface area (Å²) in [5, 5.41) is 0.896. The molecule has 2 rings (SSSR count). The predicted molar refractivity (Wildman–Crippen MR) is 61.1 cm³/mol. The largest absolute Gasteiger partial charge is 0.350 e. The first-order valence-electron chi connectivity index (χ1n) is 4.87. The molecule has 0 aliphatic carbocycles. The minimum absolute atomic E-state index is 0.0868. The van der Waals surface area contributed by atoms with Gasteiger partial charge in [0.2, 0.25) is 0 Å². The van der Waals surface area contributed by atoms with Gasteiger partial charge in [0.05, 0.1) is 19.6 Å². The number of hydrogen-bond donors (Lipinski definition) is 0. The molecular weight excluding hydrogens is 251 g/mol. The van der Waals surface area contributed by atoms with Crippen molar-refractivity contribution in [2.75, 3.05) is 13.2 Å². The molecule has 0 aromatic heterocycles. The molecule has 0 radical (unpaired) electrons. The second-order valence-corrected chi connectivity index (χ2v) is 4.33. The van der Waals surface area contributed by atoms with E-state index in [-0.39, 0.29) is 12.2 Å². The molecule has 1 heterocycles. The zero-order valence-electron chi connectivity index (χ0n) is 8.41. The van der Waals surface area contributed by atoms with Gasteiger partial charge in [-0.05, 0) is 18.2 Å². The highest BCUT2D eigenvalue weighted by molar-refractivity contribution is 6.35. The number of carbonyl (C=O) groups is 1. The third kappa shape index (κ3) is 2.95. The van der Waals surface area contributed by atoms with Crippen LogP contribution in [0.5, 0.6) is 0 Å². The van der Waals surface area contributed by atoms with Crippen LogP contribution in [0.2, 0.25) is 10.0 Å². The highest BCUT2D eigenvalue weighted by Crippen LogP contribution is 2.21. The molecule has 1 aromatic carbocycles. The minimum atomic E-state index is -0.440. The standard InChI is InChI=1S/C11H10Cl2O3/c12-8-3-7(4-9(13)5-8)10(14)6-11-15-1-2-16-11/h3-5,11H,1-2,6H2. The Labute approximate surface area is 103 Å². The van der Waals surface area contributed by atoms with Crippen molar-refractivity contribution in [1.82, 2.24) is 0 Å². The van der Waals surface area contributed by atoms with Gasteiger partial charge in [-0.25, -0.2) is 0 Å². The van der Waals surface area contributed by atoms with Crippen molar-refractivity contribution < 1.29 is 14.3 Å². The highest BCUT2D eigenvalue weighted by Gasteiger charge is 2.20. The molecule has 0 N–H and O–H groups in total. The van der Waals surface area contributed by atoms with Crippen LogP contribution in [0.25, 0.3) is 0 Å².